The summed E-state index contributed by atoms with van der Waals surface area (Å²) in [6, 6.07) is 8.90. The summed E-state index contributed by atoms with van der Waals surface area (Å²) >= 11 is 8.02. The summed E-state index contributed by atoms with van der Waals surface area (Å²) < 4.78 is 28.5. The predicted molar refractivity (Wildman–Crippen MR) is 150 cm³/mol. The van der Waals surface area contributed by atoms with Gasteiger partial charge in [0, 0.05) is 24.7 Å². The van der Waals surface area contributed by atoms with E-state index in [1.54, 1.807) is 38.6 Å². The van der Waals surface area contributed by atoms with Crippen molar-refractivity contribution in [3.8, 4) is 33.8 Å². The van der Waals surface area contributed by atoms with E-state index in [0.29, 0.717) is 60.2 Å². The van der Waals surface area contributed by atoms with Crippen molar-refractivity contribution in [2.45, 2.75) is 13.2 Å². The lowest BCUT2D eigenvalue weighted by Gasteiger charge is -2.28. The van der Waals surface area contributed by atoms with Crippen LogP contribution in [0.15, 0.2) is 42.7 Å². The number of rotatable bonds is 5. The van der Waals surface area contributed by atoms with E-state index in [9.17, 15) is 4.79 Å². The molecule has 5 aromatic rings. The van der Waals surface area contributed by atoms with Crippen LogP contribution in [0.2, 0.25) is 5.02 Å². The SMILES string of the molecule is COc1ccc(N(C)C(=O)OC2COc3c(cc(Cl)c4nc(-c5cc(C)cc6nc(OC)cnc56)sc34)O2)cn1. The number of thiazole rings is 1. The van der Waals surface area contributed by atoms with Crippen LogP contribution in [0.5, 0.6) is 23.3 Å². The van der Waals surface area contributed by atoms with Crippen molar-refractivity contribution in [1.29, 1.82) is 0 Å². The molecular formula is C27H22ClN5O6S. The van der Waals surface area contributed by atoms with Gasteiger partial charge in [0.25, 0.3) is 6.29 Å². The zero-order valence-corrected chi connectivity index (χ0v) is 23.4. The first kappa shape index (κ1) is 25.8. The maximum absolute atomic E-state index is 12.7. The lowest BCUT2D eigenvalue weighted by molar-refractivity contribution is -0.0717. The number of benzene rings is 2. The molecule has 0 aliphatic carbocycles. The van der Waals surface area contributed by atoms with E-state index in [2.05, 4.69) is 15.0 Å². The Morgan fingerprint density at radius 3 is 2.65 bits per heavy atom. The summed E-state index contributed by atoms with van der Waals surface area (Å²) in [6.45, 7) is 1.96. The lowest BCUT2D eigenvalue weighted by atomic mass is 10.1. The van der Waals surface area contributed by atoms with E-state index < -0.39 is 12.4 Å². The van der Waals surface area contributed by atoms with Gasteiger partial charge in [-0.15, -0.1) is 11.3 Å². The van der Waals surface area contributed by atoms with Crippen molar-refractivity contribution < 1.29 is 28.5 Å². The number of halogens is 1. The highest BCUT2D eigenvalue weighted by molar-refractivity contribution is 7.22. The number of pyridine rings is 1. The van der Waals surface area contributed by atoms with Crippen molar-refractivity contribution >= 4 is 56.0 Å². The number of carbonyl (C=O) groups excluding carboxylic acids is 1. The average molecular weight is 580 g/mol. The number of ether oxygens (including phenoxy) is 5. The molecule has 4 heterocycles. The second-order valence-electron chi connectivity index (χ2n) is 8.83. The van der Waals surface area contributed by atoms with Crippen LogP contribution >= 0.6 is 22.9 Å². The van der Waals surface area contributed by atoms with E-state index >= 15 is 0 Å². The summed E-state index contributed by atoms with van der Waals surface area (Å²) in [4.78, 5) is 32.1. The van der Waals surface area contributed by atoms with E-state index in [1.165, 1.54) is 29.5 Å². The van der Waals surface area contributed by atoms with Crippen molar-refractivity contribution in [2.75, 3.05) is 32.8 Å². The first-order valence-electron chi connectivity index (χ1n) is 12.0. The molecule has 1 aliphatic rings. The zero-order chi connectivity index (χ0) is 28.0. The Morgan fingerprint density at radius 2 is 1.90 bits per heavy atom. The third kappa shape index (κ3) is 4.65. The molecule has 0 N–H and O–H groups in total. The Balaban J connectivity index is 1.28. The minimum atomic E-state index is -0.986. The third-order valence-electron chi connectivity index (χ3n) is 6.20. The Labute approximate surface area is 237 Å². The molecule has 204 valence electrons. The maximum Gasteiger partial charge on any atom is 0.417 e. The van der Waals surface area contributed by atoms with E-state index in [-0.39, 0.29) is 6.61 Å². The zero-order valence-electron chi connectivity index (χ0n) is 21.8. The molecule has 1 unspecified atom stereocenters. The van der Waals surface area contributed by atoms with Gasteiger partial charge in [0.2, 0.25) is 11.8 Å². The van der Waals surface area contributed by atoms with Crippen LogP contribution in [0.3, 0.4) is 0 Å². The summed E-state index contributed by atoms with van der Waals surface area (Å²) in [7, 11) is 4.63. The largest absolute Gasteiger partial charge is 0.481 e. The minimum Gasteiger partial charge on any atom is -0.481 e. The van der Waals surface area contributed by atoms with Crippen LogP contribution in [0.1, 0.15) is 5.56 Å². The highest BCUT2D eigenvalue weighted by Crippen LogP contribution is 2.47. The molecule has 1 aliphatic heterocycles. The molecule has 1 atom stereocenters. The van der Waals surface area contributed by atoms with Gasteiger partial charge in [0.1, 0.15) is 15.2 Å². The summed E-state index contributed by atoms with van der Waals surface area (Å²) in [6.07, 6.45) is 1.45. The number of hydrogen-bond donors (Lipinski definition) is 0. The number of carbonyl (C=O) groups is 1. The molecule has 40 heavy (non-hydrogen) atoms. The Hall–Kier alpha value is -4.42. The number of nitrogens with zero attached hydrogens (tertiary/aromatic N) is 5. The quantitative estimate of drug-likeness (QED) is 0.258. The molecular weight excluding hydrogens is 558 g/mol. The molecule has 0 bridgehead atoms. The third-order valence-corrected chi connectivity index (χ3v) is 7.57. The molecule has 2 aromatic carbocycles. The van der Waals surface area contributed by atoms with Gasteiger partial charge in [-0.2, -0.15) is 0 Å². The molecule has 1 amide bonds. The minimum absolute atomic E-state index is 0.0178. The van der Waals surface area contributed by atoms with Gasteiger partial charge in [-0.1, -0.05) is 11.6 Å². The Kier molecular flexibility index (Phi) is 6.64. The van der Waals surface area contributed by atoms with Crippen LogP contribution in [0.25, 0.3) is 31.8 Å². The first-order valence-corrected chi connectivity index (χ1v) is 13.2. The fraction of sp³-hybridized carbons (Fsp3) is 0.222. The number of hydrogen-bond acceptors (Lipinski definition) is 11. The molecule has 0 saturated carbocycles. The Morgan fingerprint density at radius 1 is 1.07 bits per heavy atom. The summed E-state index contributed by atoms with van der Waals surface area (Å²) in [5.41, 5.74) is 4.30. The monoisotopic (exact) mass is 579 g/mol. The lowest BCUT2D eigenvalue weighted by Crippen LogP contribution is -2.38. The van der Waals surface area contributed by atoms with E-state index in [0.717, 1.165) is 11.1 Å². The number of amides is 1. The van der Waals surface area contributed by atoms with Gasteiger partial charge in [-0.3, -0.25) is 4.90 Å². The molecule has 13 heteroatoms. The fourth-order valence-electron chi connectivity index (χ4n) is 4.22. The number of aromatic nitrogens is 4. The van der Waals surface area contributed by atoms with Gasteiger partial charge in [0.15, 0.2) is 18.1 Å². The smallest absolute Gasteiger partial charge is 0.417 e. The molecule has 11 nitrogen and oxygen atoms in total. The van der Waals surface area contributed by atoms with Crippen molar-refractivity contribution in [1.82, 2.24) is 19.9 Å². The van der Waals surface area contributed by atoms with Gasteiger partial charge in [-0.25, -0.2) is 24.7 Å². The van der Waals surface area contributed by atoms with Crippen molar-refractivity contribution in [3.05, 3.63) is 53.3 Å². The number of anilines is 1. The molecule has 6 rings (SSSR count). The number of fused-ring (bicyclic) bond motifs is 4. The van der Waals surface area contributed by atoms with E-state index in [1.807, 2.05) is 19.1 Å². The second kappa shape index (κ2) is 10.3. The van der Waals surface area contributed by atoms with Gasteiger partial charge in [0.05, 0.1) is 48.4 Å². The first-order chi connectivity index (χ1) is 19.3. The normalized spacial score (nSPS) is 14.3. The number of aryl methyl sites for hydroxylation is 1. The van der Waals surface area contributed by atoms with Crippen molar-refractivity contribution in [2.24, 2.45) is 0 Å². The molecule has 3 aromatic heterocycles. The van der Waals surface area contributed by atoms with Crippen molar-refractivity contribution in [3.63, 3.8) is 0 Å². The van der Waals surface area contributed by atoms with Gasteiger partial charge < -0.3 is 23.7 Å². The highest BCUT2D eigenvalue weighted by Gasteiger charge is 2.30. The van der Waals surface area contributed by atoms with Crippen LogP contribution in [0, 0.1) is 6.92 Å². The van der Waals surface area contributed by atoms with Crippen LogP contribution in [-0.2, 0) is 4.74 Å². The average Bonchev–Trinajstić information content (AvgIpc) is 3.42. The second-order valence-corrected chi connectivity index (χ2v) is 10.2. The fourth-order valence-corrected chi connectivity index (χ4v) is 5.61. The van der Waals surface area contributed by atoms with Crippen LogP contribution in [-0.4, -0.2) is 60.2 Å². The van der Waals surface area contributed by atoms with E-state index in [4.69, 9.17) is 40.3 Å². The molecule has 0 spiro atoms. The maximum atomic E-state index is 12.7. The summed E-state index contributed by atoms with van der Waals surface area (Å²) in [5.74, 6) is 1.69. The molecule has 0 radical (unpaired) electrons. The molecule has 0 fully saturated rings. The van der Waals surface area contributed by atoms with Gasteiger partial charge in [-0.05, 0) is 30.7 Å². The molecule has 0 saturated heterocycles. The van der Waals surface area contributed by atoms with Crippen LogP contribution in [0.4, 0.5) is 10.5 Å². The topological polar surface area (TPSA) is 118 Å². The number of methoxy groups -OCH3 is 2. The van der Waals surface area contributed by atoms with Crippen LogP contribution < -0.4 is 23.8 Å². The standard InChI is InChI=1S/C27H22ClN5O6S/c1-13-7-15(22-17(8-13)31-20(36-4)11-30-22)26-32-23-16(28)9-18-24(25(23)40-26)37-12-21(38-18)39-27(34)33(2)14-5-6-19(35-3)29-10-14/h5-11,21H,12H2,1-4H3. The Bertz CT molecular complexity index is 1760. The highest BCUT2D eigenvalue weighted by atomic mass is 35.5. The van der Waals surface area contributed by atoms with Gasteiger partial charge >= 0.3 is 6.09 Å². The summed E-state index contributed by atoms with van der Waals surface area (Å²) in [5, 5.41) is 1.07. The predicted octanol–water partition coefficient (Wildman–Crippen LogP) is 5.65.